The molecule has 0 spiro atoms. The Morgan fingerprint density at radius 3 is 2.44 bits per heavy atom. The van der Waals surface area contributed by atoms with Crippen molar-refractivity contribution in [2.75, 3.05) is 44.7 Å². The molecule has 0 aliphatic carbocycles. The van der Waals surface area contributed by atoms with Crippen LogP contribution in [0.1, 0.15) is 37.7 Å². The van der Waals surface area contributed by atoms with Crippen molar-refractivity contribution in [3.63, 3.8) is 0 Å². The van der Waals surface area contributed by atoms with Gasteiger partial charge in [-0.3, -0.25) is 9.69 Å². The molecular weight excluding hydrogens is 338 g/mol. The molecule has 148 valence electrons. The molecule has 1 N–H and O–H groups in total. The van der Waals surface area contributed by atoms with E-state index in [0.717, 1.165) is 52.0 Å². The van der Waals surface area contributed by atoms with Crippen LogP contribution in [0, 0.1) is 12.3 Å². The van der Waals surface area contributed by atoms with Gasteiger partial charge >= 0.3 is 5.97 Å². The quantitative estimate of drug-likeness (QED) is 0.885. The summed E-state index contributed by atoms with van der Waals surface area (Å²) in [6.45, 7) is 7.19. The van der Waals surface area contributed by atoms with Gasteiger partial charge in [-0.25, -0.2) is 0 Å². The lowest BCUT2D eigenvalue weighted by Crippen LogP contribution is -2.64. The van der Waals surface area contributed by atoms with Crippen molar-refractivity contribution in [2.45, 2.75) is 51.1 Å². The molecule has 3 heterocycles. The van der Waals surface area contributed by atoms with Crippen molar-refractivity contribution in [2.24, 2.45) is 5.41 Å². The minimum atomic E-state index is -0.576. The van der Waals surface area contributed by atoms with Gasteiger partial charge in [0.25, 0.3) is 0 Å². The molecule has 3 aliphatic rings. The number of likely N-dealkylation sites (N-methyl/N-ethyl adjacent to an activating group) is 1. The molecule has 0 saturated carbocycles. The van der Waals surface area contributed by atoms with Gasteiger partial charge in [0.1, 0.15) is 0 Å². The molecule has 3 fully saturated rings. The predicted molar refractivity (Wildman–Crippen MR) is 108 cm³/mol. The molecular formula is C22H33N3O2. The molecule has 0 radical (unpaired) electrons. The number of aryl methyl sites for hydroxylation is 1. The molecule has 0 amide bonds. The van der Waals surface area contributed by atoms with Gasteiger partial charge in [-0.2, -0.15) is 0 Å². The molecule has 2 atom stereocenters. The zero-order chi connectivity index (χ0) is 19.0. The fourth-order valence-electron chi connectivity index (χ4n) is 5.58. The number of fused-ring (bicyclic) bond motifs is 1. The van der Waals surface area contributed by atoms with Crippen LogP contribution < -0.4 is 4.90 Å². The molecule has 1 aromatic carbocycles. The van der Waals surface area contributed by atoms with Gasteiger partial charge in [-0.1, -0.05) is 17.7 Å². The molecule has 5 heteroatoms. The molecule has 0 aromatic heterocycles. The van der Waals surface area contributed by atoms with Crippen LogP contribution in [-0.4, -0.2) is 72.7 Å². The Kier molecular flexibility index (Phi) is 5.17. The highest BCUT2D eigenvalue weighted by molar-refractivity contribution is 5.76. The third-order valence-electron chi connectivity index (χ3n) is 7.36. The van der Waals surface area contributed by atoms with E-state index in [-0.39, 0.29) is 6.04 Å². The lowest BCUT2D eigenvalue weighted by atomic mass is 9.68. The first kappa shape index (κ1) is 18.8. The number of piperidine rings is 3. The standard InChI is InChI=1S/C22H33N3O2/c1-17-4-6-18(7-5-17)24-13-8-19(9-14-24)25-15-11-22(21(26)27)10-3-12-23(2)20(22)16-25/h4-7,19-20H,3,8-16H2,1-2H3,(H,26,27)/t20-,22+/m1/s1. The van der Waals surface area contributed by atoms with Crippen LogP contribution in [0.25, 0.3) is 0 Å². The average Bonchev–Trinajstić information content (AvgIpc) is 2.69. The first-order valence-corrected chi connectivity index (χ1v) is 10.5. The summed E-state index contributed by atoms with van der Waals surface area (Å²) in [6.07, 6.45) is 5.00. The Labute approximate surface area is 162 Å². The number of rotatable bonds is 3. The van der Waals surface area contributed by atoms with Gasteiger partial charge in [0, 0.05) is 37.4 Å². The maximum atomic E-state index is 12.1. The van der Waals surface area contributed by atoms with E-state index in [1.54, 1.807) is 0 Å². The molecule has 27 heavy (non-hydrogen) atoms. The summed E-state index contributed by atoms with van der Waals surface area (Å²) in [4.78, 5) is 19.5. The van der Waals surface area contributed by atoms with Gasteiger partial charge in [0.15, 0.2) is 0 Å². The van der Waals surface area contributed by atoms with Crippen LogP contribution in [-0.2, 0) is 4.79 Å². The molecule has 4 rings (SSSR count). The fourth-order valence-corrected chi connectivity index (χ4v) is 5.58. The van der Waals surface area contributed by atoms with Crippen LogP contribution in [0.2, 0.25) is 0 Å². The number of carboxylic acid groups (broad SMARTS) is 1. The number of likely N-dealkylation sites (tertiary alicyclic amines) is 2. The highest BCUT2D eigenvalue weighted by atomic mass is 16.4. The monoisotopic (exact) mass is 371 g/mol. The van der Waals surface area contributed by atoms with Crippen LogP contribution in [0.3, 0.4) is 0 Å². The number of nitrogens with zero attached hydrogens (tertiary/aromatic N) is 3. The molecule has 3 saturated heterocycles. The summed E-state index contributed by atoms with van der Waals surface area (Å²) in [7, 11) is 2.12. The summed E-state index contributed by atoms with van der Waals surface area (Å²) in [5.74, 6) is -0.576. The van der Waals surface area contributed by atoms with E-state index in [4.69, 9.17) is 0 Å². The summed E-state index contributed by atoms with van der Waals surface area (Å²) in [5.41, 5.74) is 2.11. The van der Waals surface area contributed by atoms with Gasteiger partial charge < -0.3 is 14.9 Å². The first-order chi connectivity index (χ1) is 13.0. The first-order valence-electron chi connectivity index (χ1n) is 10.5. The Bertz CT molecular complexity index is 669. The van der Waals surface area contributed by atoms with Crippen molar-refractivity contribution >= 4 is 11.7 Å². The van der Waals surface area contributed by atoms with E-state index in [1.807, 2.05) is 0 Å². The van der Waals surface area contributed by atoms with Crippen molar-refractivity contribution in [1.29, 1.82) is 0 Å². The zero-order valence-corrected chi connectivity index (χ0v) is 16.7. The lowest BCUT2D eigenvalue weighted by Gasteiger charge is -2.54. The maximum Gasteiger partial charge on any atom is 0.311 e. The number of aliphatic carboxylic acids is 1. The van der Waals surface area contributed by atoms with Gasteiger partial charge in [-0.05, 0) is 71.3 Å². The zero-order valence-electron chi connectivity index (χ0n) is 16.7. The van der Waals surface area contributed by atoms with Crippen molar-refractivity contribution in [1.82, 2.24) is 9.80 Å². The second-order valence-electron chi connectivity index (χ2n) is 8.86. The Balaban J connectivity index is 1.39. The van der Waals surface area contributed by atoms with Gasteiger partial charge in [0.05, 0.1) is 5.41 Å². The van der Waals surface area contributed by atoms with E-state index in [0.29, 0.717) is 6.04 Å². The van der Waals surface area contributed by atoms with E-state index < -0.39 is 11.4 Å². The third kappa shape index (κ3) is 3.47. The number of hydrogen-bond donors (Lipinski definition) is 1. The van der Waals surface area contributed by atoms with Crippen LogP contribution in [0.4, 0.5) is 5.69 Å². The largest absolute Gasteiger partial charge is 0.481 e. The number of hydrogen-bond acceptors (Lipinski definition) is 4. The highest BCUT2D eigenvalue weighted by Gasteiger charge is 2.52. The van der Waals surface area contributed by atoms with Crippen LogP contribution in [0.5, 0.6) is 0 Å². The Morgan fingerprint density at radius 1 is 1.07 bits per heavy atom. The predicted octanol–water partition coefficient (Wildman–Crippen LogP) is 2.83. The van der Waals surface area contributed by atoms with Crippen LogP contribution in [0.15, 0.2) is 24.3 Å². The van der Waals surface area contributed by atoms with Crippen LogP contribution >= 0.6 is 0 Å². The number of carboxylic acids is 1. The van der Waals surface area contributed by atoms with Gasteiger partial charge in [-0.15, -0.1) is 0 Å². The summed E-state index contributed by atoms with van der Waals surface area (Å²) >= 11 is 0. The summed E-state index contributed by atoms with van der Waals surface area (Å²) < 4.78 is 0. The molecule has 1 aromatic rings. The SMILES string of the molecule is Cc1ccc(N2CCC(N3CC[C@@]4(C(=O)O)CCCN(C)[C@@H]4C3)CC2)cc1. The van der Waals surface area contributed by atoms with E-state index in [9.17, 15) is 9.90 Å². The lowest BCUT2D eigenvalue weighted by molar-refractivity contribution is -0.163. The van der Waals surface area contributed by atoms with E-state index >= 15 is 0 Å². The molecule has 3 aliphatic heterocycles. The third-order valence-corrected chi connectivity index (χ3v) is 7.36. The normalized spacial score (nSPS) is 30.9. The van der Waals surface area contributed by atoms with Crippen molar-refractivity contribution < 1.29 is 9.90 Å². The summed E-state index contributed by atoms with van der Waals surface area (Å²) in [5, 5.41) is 9.97. The smallest absolute Gasteiger partial charge is 0.311 e. The van der Waals surface area contributed by atoms with E-state index in [2.05, 4.69) is 52.9 Å². The highest BCUT2D eigenvalue weighted by Crippen LogP contribution is 2.43. The van der Waals surface area contributed by atoms with E-state index in [1.165, 1.54) is 24.1 Å². The number of anilines is 1. The molecule has 5 nitrogen and oxygen atoms in total. The number of carbonyl (C=O) groups is 1. The molecule has 0 unspecified atom stereocenters. The van der Waals surface area contributed by atoms with Crippen molar-refractivity contribution in [3.8, 4) is 0 Å². The molecule has 0 bridgehead atoms. The van der Waals surface area contributed by atoms with Crippen molar-refractivity contribution in [3.05, 3.63) is 29.8 Å². The summed E-state index contributed by atoms with van der Waals surface area (Å²) in [6, 6.07) is 9.60. The Morgan fingerprint density at radius 2 is 1.78 bits per heavy atom. The second-order valence-corrected chi connectivity index (χ2v) is 8.86. The average molecular weight is 372 g/mol. The minimum absolute atomic E-state index is 0.160. The minimum Gasteiger partial charge on any atom is -0.481 e. The van der Waals surface area contributed by atoms with Gasteiger partial charge in [0.2, 0.25) is 0 Å². The fraction of sp³-hybridized carbons (Fsp3) is 0.682. The topological polar surface area (TPSA) is 47.0 Å². The maximum absolute atomic E-state index is 12.1. The Hall–Kier alpha value is -1.59. The second kappa shape index (κ2) is 7.44. The number of benzene rings is 1.